The van der Waals surface area contributed by atoms with Gasteiger partial charge in [0.05, 0.1) is 7.11 Å². The zero-order chi connectivity index (χ0) is 11.8. The Balaban J connectivity index is 2.30. The number of carbonyl (C=O) groups excluding carboxylic acids is 2. The molecule has 3 nitrogen and oxygen atoms in total. The Morgan fingerprint density at radius 1 is 1.31 bits per heavy atom. The van der Waals surface area contributed by atoms with E-state index in [9.17, 15) is 9.59 Å². The molecule has 3 heteroatoms. The van der Waals surface area contributed by atoms with Gasteiger partial charge in [-0.2, -0.15) is 0 Å². The average molecular weight is 218 g/mol. The van der Waals surface area contributed by atoms with Crippen molar-refractivity contribution in [1.82, 2.24) is 0 Å². The minimum Gasteiger partial charge on any atom is -0.468 e. The second-order valence-corrected chi connectivity index (χ2v) is 4.27. The van der Waals surface area contributed by atoms with Gasteiger partial charge >= 0.3 is 5.97 Å². The molecule has 0 spiro atoms. The summed E-state index contributed by atoms with van der Waals surface area (Å²) in [4.78, 5) is 23.7. The SMILES string of the molecule is COC(=O)C1(C(=O)c2cccc(C)c2)CC1. The monoisotopic (exact) mass is 218 g/mol. The highest BCUT2D eigenvalue weighted by molar-refractivity contribution is 6.14. The largest absolute Gasteiger partial charge is 0.468 e. The Bertz CT molecular complexity index is 444. The fourth-order valence-corrected chi connectivity index (χ4v) is 1.91. The number of benzene rings is 1. The van der Waals surface area contributed by atoms with Crippen molar-refractivity contribution in [3.05, 3.63) is 35.4 Å². The first kappa shape index (κ1) is 10.9. The van der Waals surface area contributed by atoms with E-state index in [1.54, 1.807) is 6.07 Å². The number of methoxy groups -OCH3 is 1. The number of aryl methyl sites for hydroxylation is 1. The molecule has 1 saturated carbocycles. The van der Waals surface area contributed by atoms with E-state index in [0.717, 1.165) is 5.56 Å². The normalized spacial score (nSPS) is 16.6. The van der Waals surface area contributed by atoms with Gasteiger partial charge in [-0.1, -0.05) is 23.8 Å². The molecule has 0 atom stereocenters. The van der Waals surface area contributed by atoms with Crippen molar-refractivity contribution in [2.75, 3.05) is 7.11 Å². The lowest BCUT2D eigenvalue weighted by atomic mass is 9.94. The minimum atomic E-state index is -0.886. The topological polar surface area (TPSA) is 43.4 Å². The molecule has 0 unspecified atom stereocenters. The van der Waals surface area contributed by atoms with E-state index in [1.807, 2.05) is 25.1 Å². The molecule has 1 aromatic carbocycles. The highest BCUT2D eigenvalue weighted by Crippen LogP contribution is 2.49. The Kier molecular flexibility index (Phi) is 2.54. The molecule has 1 aliphatic rings. The molecule has 1 aromatic rings. The summed E-state index contributed by atoms with van der Waals surface area (Å²) in [7, 11) is 1.33. The third kappa shape index (κ3) is 1.62. The van der Waals surface area contributed by atoms with Crippen molar-refractivity contribution < 1.29 is 14.3 Å². The number of carbonyl (C=O) groups is 2. The zero-order valence-electron chi connectivity index (χ0n) is 9.45. The van der Waals surface area contributed by atoms with Crippen LogP contribution in [0, 0.1) is 12.3 Å². The lowest BCUT2D eigenvalue weighted by Crippen LogP contribution is -2.27. The summed E-state index contributed by atoms with van der Waals surface area (Å²) in [6.07, 6.45) is 1.21. The van der Waals surface area contributed by atoms with Crippen LogP contribution in [0.4, 0.5) is 0 Å². The predicted molar refractivity (Wildman–Crippen MR) is 59.2 cm³/mol. The maximum Gasteiger partial charge on any atom is 0.319 e. The Hall–Kier alpha value is -1.64. The number of rotatable bonds is 3. The van der Waals surface area contributed by atoms with Crippen LogP contribution in [0.25, 0.3) is 0 Å². The Morgan fingerprint density at radius 2 is 2.00 bits per heavy atom. The van der Waals surface area contributed by atoms with E-state index in [1.165, 1.54) is 7.11 Å². The number of ketones is 1. The Labute approximate surface area is 94.4 Å². The third-order valence-corrected chi connectivity index (χ3v) is 3.04. The minimum absolute atomic E-state index is 0.108. The summed E-state index contributed by atoms with van der Waals surface area (Å²) in [6, 6.07) is 7.31. The van der Waals surface area contributed by atoms with Gasteiger partial charge in [0.2, 0.25) is 0 Å². The van der Waals surface area contributed by atoms with Crippen molar-refractivity contribution in [1.29, 1.82) is 0 Å². The van der Waals surface area contributed by atoms with Crippen LogP contribution in [0.1, 0.15) is 28.8 Å². The predicted octanol–water partition coefficient (Wildman–Crippen LogP) is 2.13. The van der Waals surface area contributed by atoms with Gasteiger partial charge in [0.25, 0.3) is 0 Å². The summed E-state index contributed by atoms with van der Waals surface area (Å²) < 4.78 is 4.69. The van der Waals surface area contributed by atoms with E-state index in [-0.39, 0.29) is 5.78 Å². The number of hydrogen-bond donors (Lipinski definition) is 0. The smallest absolute Gasteiger partial charge is 0.319 e. The van der Waals surface area contributed by atoms with Gasteiger partial charge in [-0.25, -0.2) is 0 Å². The van der Waals surface area contributed by atoms with Crippen LogP contribution in [0.15, 0.2) is 24.3 Å². The molecule has 0 aromatic heterocycles. The summed E-state index contributed by atoms with van der Waals surface area (Å²) in [5.74, 6) is -0.512. The molecule has 0 N–H and O–H groups in total. The van der Waals surface area contributed by atoms with Gasteiger partial charge < -0.3 is 4.74 Å². The van der Waals surface area contributed by atoms with E-state index < -0.39 is 11.4 Å². The van der Waals surface area contributed by atoms with Crippen molar-refractivity contribution >= 4 is 11.8 Å². The fraction of sp³-hybridized carbons (Fsp3) is 0.385. The summed E-state index contributed by atoms with van der Waals surface area (Å²) in [5, 5.41) is 0. The first-order valence-electron chi connectivity index (χ1n) is 5.30. The molecule has 0 aliphatic heterocycles. The van der Waals surface area contributed by atoms with Crippen LogP contribution in [-0.4, -0.2) is 18.9 Å². The quantitative estimate of drug-likeness (QED) is 0.443. The summed E-state index contributed by atoms with van der Waals surface area (Å²) >= 11 is 0. The van der Waals surface area contributed by atoms with Gasteiger partial charge in [0, 0.05) is 5.56 Å². The van der Waals surface area contributed by atoms with E-state index in [4.69, 9.17) is 4.74 Å². The fourth-order valence-electron chi connectivity index (χ4n) is 1.91. The van der Waals surface area contributed by atoms with Crippen molar-refractivity contribution in [3.8, 4) is 0 Å². The number of hydrogen-bond acceptors (Lipinski definition) is 3. The van der Waals surface area contributed by atoms with Crippen LogP contribution in [-0.2, 0) is 9.53 Å². The molecular formula is C13H14O3. The lowest BCUT2D eigenvalue weighted by molar-refractivity contribution is -0.145. The summed E-state index contributed by atoms with van der Waals surface area (Å²) in [6.45, 7) is 1.93. The maximum absolute atomic E-state index is 12.2. The van der Waals surface area contributed by atoms with Crippen LogP contribution in [0.3, 0.4) is 0 Å². The van der Waals surface area contributed by atoms with E-state index in [2.05, 4.69) is 0 Å². The van der Waals surface area contributed by atoms with Crippen molar-refractivity contribution in [2.45, 2.75) is 19.8 Å². The molecule has 0 radical (unpaired) electrons. The zero-order valence-corrected chi connectivity index (χ0v) is 9.45. The first-order valence-corrected chi connectivity index (χ1v) is 5.30. The van der Waals surface area contributed by atoms with E-state index in [0.29, 0.717) is 18.4 Å². The molecule has 1 fully saturated rings. The van der Waals surface area contributed by atoms with Gasteiger partial charge in [-0.05, 0) is 25.8 Å². The second kappa shape index (κ2) is 3.74. The van der Waals surface area contributed by atoms with Crippen LogP contribution >= 0.6 is 0 Å². The molecule has 2 rings (SSSR count). The highest BCUT2D eigenvalue weighted by atomic mass is 16.5. The van der Waals surface area contributed by atoms with Crippen LogP contribution in [0.5, 0.6) is 0 Å². The molecule has 16 heavy (non-hydrogen) atoms. The molecule has 0 amide bonds. The number of Topliss-reactive ketones (excluding diaryl/α,β-unsaturated/α-hetero) is 1. The van der Waals surface area contributed by atoms with Gasteiger partial charge in [-0.3, -0.25) is 9.59 Å². The third-order valence-electron chi connectivity index (χ3n) is 3.04. The molecule has 0 heterocycles. The Morgan fingerprint density at radius 3 is 2.50 bits per heavy atom. The standard InChI is InChI=1S/C13H14O3/c1-9-4-3-5-10(8-9)11(14)13(6-7-13)12(15)16-2/h3-5,8H,6-7H2,1-2H3. The summed E-state index contributed by atoms with van der Waals surface area (Å²) in [5.41, 5.74) is 0.733. The highest BCUT2D eigenvalue weighted by Gasteiger charge is 2.57. The molecule has 84 valence electrons. The second-order valence-electron chi connectivity index (χ2n) is 4.27. The molecule has 1 aliphatic carbocycles. The molecule has 0 saturated heterocycles. The van der Waals surface area contributed by atoms with Gasteiger partial charge in [-0.15, -0.1) is 0 Å². The lowest BCUT2D eigenvalue weighted by Gasteiger charge is -2.11. The van der Waals surface area contributed by atoms with E-state index >= 15 is 0 Å². The average Bonchev–Trinajstić information content (AvgIpc) is 3.08. The first-order chi connectivity index (χ1) is 7.60. The van der Waals surface area contributed by atoms with Crippen molar-refractivity contribution in [2.24, 2.45) is 5.41 Å². The van der Waals surface area contributed by atoms with Crippen LogP contribution < -0.4 is 0 Å². The molecular weight excluding hydrogens is 204 g/mol. The van der Waals surface area contributed by atoms with Crippen LogP contribution in [0.2, 0.25) is 0 Å². The van der Waals surface area contributed by atoms with Gasteiger partial charge in [0.15, 0.2) is 5.78 Å². The maximum atomic E-state index is 12.2. The van der Waals surface area contributed by atoms with Crippen molar-refractivity contribution in [3.63, 3.8) is 0 Å². The molecule has 0 bridgehead atoms. The number of esters is 1. The number of ether oxygens (including phenoxy) is 1. The van der Waals surface area contributed by atoms with Gasteiger partial charge in [0.1, 0.15) is 5.41 Å².